The van der Waals surface area contributed by atoms with Gasteiger partial charge in [0.15, 0.2) is 0 Å². The number of methoxy groups -OCH3 is 1. The van der Waals surface area contributed by atoms with Crippen LogP contribution >= 0.6 is 0 Å². The average molecular weight is 435 g/mol. The second-order valence-corrected chi connectivity index (χ2v) is 7.74. The molecule has 4 rings (SSSR count). The lowest BCUT2D eigenvalue weighted by atomic mass is 10.0. The summed E-state index contributed by atoms with van der Waals surface area (Å²) in [6, 6.07) is 8.91. The smallest absolute Gasteiger partial charge is 0.272 e. The van der Waals surface area contributed by atoms with Gasteiger partial charge in [0.2, 0.25) is 0 Å². The average Bonchev–Trinajstić information content (AvgIpc) is 3.46. The molecule has 2 amide bonds. The van der Waals surface area contributed by atoms with Crippen LogP contribution in [0.5, 0.6) is 5.75 Å². The van der Waals surface area contributed by atoms with Gasteiger partial charge in [-0.3, -0.25) is 14.3 Å². The number of carbonyl (C=O) groups is 2. The summed E-state index contributed by atoms with van der Waals surface area (Å²) in [6.07, 6.45) is 4.72. The summed E-state index contributed by atoms with van der Waals surface area (Å²) in [6.45, 7) is 2.74. The third-order valence-electron chi connectivity index (χ3n) is 5.66. The van der Waals surface area contributed by atoms with Crippen LogP contribution < -0.4 is 10.1 Å². The van der Waals surface area contributed by atoms with Crippen LogP contribution in [0.25, 0.3) is 0 Å². The highest BCUT2D eigenvalue weighted by atomic mass is 16.5. The monoisotopic (exact) mass is 434 g/mol. The molecule has 0 spiro atoms. The van der Waals surface area contributed by atoms with Gasteiger partial charge in [-0.2, -0.15) is 5.10 Å². The van der Waals surface area contributed by atoms with Gasteiger partial charge in [-0.25, -0.2) is 9.97 Å². The predicted molar refractivity (Wildman–Crippen MR) is 117 cm³/mol. The SMILES string of the molecule is COc1ccc(CNC(=O)c2cnc(C)nc2[C@@H]2CCCN2C(=O)c2ccnn2C)cc1. The van der Waals surface area contributed by atoms with Crippen molar-refractivity contribution in [1.29, 1.82) is 0 Å². The van der Waals surface area contributed by atoms with E-state index in [0.29, 0.717) is 35.9 Å². The number of hydrogen-bond acceptors (Lipinski definition) is 6. The minimum absolute atomic E-state index is 0.117. The highest BCUT2D eigenvalue weighted by molar-refractivity contribution is 5.96. The van der Waals surface area contributed by atoms with Crippen LogP contribution in [0, 0.1) is 6.92 Å². The number of carbonyl (C=O) groups excluding carboxylic acids is 2. The standard InChI is InChI=1S/C23H26N6O3/c1-15-24-14-18(22(30)25-13-16-6-8-17(32-3)9-7-16)21(27-15)19-5-4-12-29(19)23(31)20-10-11-26-28(20)2/h6-11,14,19H,4-5,12-13H2,1-3H3,(H,25,30)/t19-/m0/s1. The van der Waals surface area contributed by atoms with Crippen molar-refractivity contribution in [2.45, 2.75) is 32.4 Å². The van der Waals surface area contributed by atoms with Crippen LogP contribution in [0.3, 0.4) is 0 Å². The first-order valence-electron chi connectivity index (χ1n) is 10.5. The molecule has 0 saturated carbocycles. The number of amides is 2. The molecular formula is C23H26N6O3. The van der Waals surface area contributed by atoms with E-state index in [1.165, 1.54) is 0 Å². The molecule has 0 aliphatic carbocycles. The molecular weight excluding hydrogens is 408 g/mol. The van der Waals surface area contributed by atoms with Gasteiger partial charge in [-0.1, -0.05) is 12.1 Å². The van der Waals surface area contributed by atoms with Crippen molar-refractivity contribution >= 4 is 11.8 Å². The number of hydrogen-bond donors (Lipinski definition) is 1. The van der Waals surface area contributed by atoms with E-state index in [4.69, 9.17) is 4.74 Å². The number of benzene rings is 1. The van der Waals surface area contributed by atoms with E-state index >= 15 is 0 Å². The van der Waals surface area contributed by atoms with Crippen LogP contribution in [0.4, 0.5) is 0 Å². The van der Waals surface area contributed by atoms with Crippen LogP contribution in [-0.4, -0.2) is 50.1 Å². The molecule has 0 radical (unpaired) electrons. The maximum atomic E-state index is 13.2. The third kappa shape index (κ3) is 4.32. The van der Waals surface area contributed by atoms with Gasteiger partial charge in [0.25, 0.3) is 11.8 Å². The molecule has 1 N–H and O–H groups in total. The molecule has 1 saturated heterocycles. The number of ether oxygens (including phenoxy) is 1. The number of nitrogens with one attached hydrogen (secondary N) is 1. The first-order valence-corrected chi connectivity index (χ1v) is 10.5. The molecule has 1 fully saturated rings. The number of likely N-dealkylation sites (tertiary alicyclic amines) is 1. The largest absolute Gasteiger partial charge is 0.497 e. The Hall–Kier alpha value is -3.75. The highest BCUT2D eigenvalue weighted by Crippen LogP contribution is 2.33. The van der Waals surface area contributed by atoms with E-state index in [2.05, 4.69) is 20.4 Å². The fraction of sp³-hybridized carbons (Fsp3) is 0.348. The Kier molecular flexibility index (Phi) is 6.16. The van der Waals surface area contributed by atoms with Crippen LogP contribution in [-0.2, 0) is 13.6 Å². The topological polar surface area (TPSA) is 102 Å². The summed E-state index contributed by atoms with van der Waals surface area (Å²) < 4.78 is 6.73. The number of aromatic nitrogens is 4. The molecule has 2 aromatic heterocycles. The molecule has 1 aliphatic rings. The van der Waals surface area contributed by atoms with Crippen molar-refractivity contribution in [3.05, 3.63) is 71.1 Å². The maximum absolute atomic E-state index is 13.2. The highest BCUT2D eigenvalue weighted by Gasteiger charge is 2.35. The Balaban J connectivity index is 1.56. The van der Waals surface area contributed by atoms with Gasteiger partial charge >= 0.3 is 0 Å². The van der Waals surface area contributed by atoms with Crippen molar-refractivity contribution in [3.63, 3.8) is 0 Å². The van der Waals surface area contributed by atoms with E-state index in [9.17, 15) is 9.59 Å². The molecule has 1 aromatic carbocycles. The minimum Gasteiger partial charge on any atom is -0.497 e. The number of rotatable bonds is 6. The quantitative estimate of drug-likeness (QED) is 0.639. The van der Waals surface area contributed by atoms with E-state index in [0.717, 1.165) is 24.2 Å². The lowest BCUT2D eigenvalue weighted by Crippen LogP contribution is -2.34. The summed E-state index contributed by atoms with van der Waals surface area (Å²) in [5, 5.41) is 7.04. The normalized spacial score (nSPS) is 15.6. The Morgan fingerprint density at radius 2 is 2.00 bits per heavy atom. The molecule has 166 valence electrons. The Morgan fingerprint density at radius 1 is 1.22 bits per heavy atom. The number of aryl methyl sites for hydroxylation is 2. The molecule has 0 bridgehead atoms. The van der Waals surface area contributed by atoms with E-state index in [-0.39, 0.29) is 17.9 Å². The minimum atomic E-state index is -0.291. The van der Waals surface area contributed by atoms with Crippen molar-refractivity contribution in [3.8, 4) is 5.75 Å². The lowest BCUT2D eigenvalue weighted by Gasteiger charge is -2.25. The molecule has 1 atom stereocenters. The third-order valence-corrected chi connectivity index (χ3v) is 5.66. The van der Waals surface area contributed by atoms with Crippen molar-refractivity contribution in [2.75, 3.05) is 13.7 Å². The summed E-state index contributed by atoms with van der Waals surface area (Å²) in [4.78, 5) is 36.8. The number of nitrogens with zero attached hydrogens (tertiary/aromatic N) is 5. The van der Waals surface area contributed by atoms with Gasteiger partial charge in [0, 0.05) is 32.5 Å². The molecule has 32 heavy (non-hydrogen) atoms. The second kappa shape index (κ2) is 9.17. The van der Waals surface area contributed by atoms with E-state index < -0.39 is 0 Å². The van der Waals surface area contributed by atoms with Gasteiger partial charge in [-0.15, -0.1) is 0 Å². The Labute approximate surface area is 186 Å². The predicted octanol–water partition coefficient (Wildman–Crippen LogP) is 2.43. The van der Waals surface area contributed by atoms with Crippen molar-refractivity contribution in [2.24, 2.45) is 7.05 Å². The first kappa shape index (κ1) is 21.5. The lowest BCUT2D eigenvalue weighted by molar-refractivity contribution is 0.0718. The van der Waals surface area contributed by atoms with Crippen molar-refractivity contribution in [1.82, 2.24) is 30.0 Å². The van der Waals surface area contributed by atoms with Gasteiger partial charge in [0.05, 0.1) is 24.4 Å². The fourth-order valence-corrected chi connectivity index (χ4v) is 3.96. The van der Waals surface area contributed by atoms with Crippen LogP contribution in [0.15, 0.2) is 42.7 Å². The van der Waals surface area contributed by atoms with Gasteiger partial charge in [-0.05, 0) is 43.5 Å². The van der Waals surface area contributed by atoms with Crippen molar-refractivity contribution < 1.29 is 14.3 Å². The summed E-state index contributed by atoms with van der Waals surface area (Å²) in [5.41, 5.74) is 2.42. The van der Waals surface area contributed by atoms with Crippen LogP contribution in [0.1, 0.15) is 56.8 Å². The fourth-order valence-electron chi connectivity index (χ4n) is 3.96. The van der Waals surface area contributed by atoms with Crippen LogP contribution in [0.2, 0.25) is 0 Å². The first-order chi connectivity index (χ1) is 15.5. The Bertz CT molecular complexity index is 1130. The van der Waals surface area contributed by atoms with Gasteiger partial charge in [0.1, 0.15) is 17.3 Å². The van der Waals surface area contributed by atoms with Gasteiger partial charge < -0.3 is 15.0 Å². The summed E-state index contributed by atoms with van der Waals surface area (Å²) in [7, 11) is 3.35. The van der Waals surface area contributed by atoms with E-state index in [1.807, 2.05) is 24.3 Å². The summed E-state index contributed by atoms with van der Waals surface area (Å²) in [5.74, 6) is 0.934. The zero-order valence-corrected chi connectivity index (χ0v) is 18.4. The molecule has 3 aromatic rings. The second-order valence-electron chi connectivity index (χ2n) is 7.74. The molecule has 1 aliphatic heterocycles. The molecule has 9 heteroatoms. The van der Waals surface area contributed by atoms with E-state index in [1.54, 1.807) is 49.1 Å². The molecule has 0 unspecified atom stereocenters. The Morgan fingerprint density at radius 3 is 2.69 bits per heavy atom. The zero-order valence-electron chi connectivity index (χ0n) is 18.4. The zero-order chi connectivity index (χ0) is 22.7. The molecule has 3 heterocycles. The maximum Gasteiger partial charge on any atom is 0.272 e. The summed E-state index contributed by atoms with van der Waals surface area (Å²) >= 11 is 0. The molecule has 9 nitrogen and oxygen atoms in total.